The van der Waals surface area contributed by atoms with Gasteiger partial charge in [-0.1, -0.05) is 17.8 Å². The van der Waals surface area contributed by atoms with E-state index in [1.165, 1.54) is 16.0 Å². The Morgan fingerprint density at radius 2 is 1.89 bits per heavy atom. The maximum absolute atomic E-state index is 4.38. The quantitative estimate of drug-likeness (QED) is 0.855. The van der Waals surface area contributed by atoms with Crippen LogP contribution in [0.1, 0.15) is 23.6 Å². The lowest BCUT2D eigenvalue weighted by atomic mass is 10.1. The standard InChI is InChI=1S/C15H19N3S/c1-5-16-14-12(4)15(18-9-17-14)19-13-7-6-10(2)11(3)8-13/h6-9H,5H2,1-4H3,(H,16,17,18). The minimum Gasteiger partial charge on any atom is -0.370 e. The molecule has 3 nitrogen and oxygen atoms in total. The Hall–Kier alpha value is -1.55. The van der Waals surface area contributed by atoms with Crippen LogP contribution in [0.5, 0.6) is 0 Å². The first-order valence-corrected chi connectivity index (χ1v) is 7.24. The van der Waals surface area contributed by atoms with Gasteiger partial charge in [-0.2, -0.15) is 0 Å². The summed E-state index contributed by atoms with van der Waals surface area (Å²) >= 11 is 1.69. The van der Waals surface area contributed by atoms with Crippen molar-refractivity contribution < 1.29 is 0 Å². The van der Waals surface area contributed by atoms with Crippen molar-refractivity contribution in [2.45, 2.75) is 37.6 Å². The van der Waals surface area contributed by atoms with Crippen LogP contribution in [-0.4, -0.2) is 16.5 Å². The number of benzene rings is 1. The third-order valence-electron chi connectivity index (χ3n) is 3.07. The topological polar surface area (TPSA) is 37.8 Å². The number of hydrogen-bond acceptors (Lipinski definition) is 4. The van der Waals surface area contributed by atoms with Crippen LogP contribution in [0.4, 0.5) is 5.82 Å². The minimum absolute atomic E-state index is 0.867. The van der Waals surface area contributed by atoms with Gasteiger partial charge in [0, 0.05) is 17.0 Å². The summed E-state index contributed by atoms with van der Waals surface area (Å²) in [5.74, 6) is 0.920. The summed E-state index contributed by atoms with van der Waals surface area (Å²) in [6.45, 7) is 9.25. The van der Waals surface area contributed by atoms with Gasteiger partial charge in [-0.05, 0) is 51.0 Å². The lowest BCUT2D eigenvalue weighted by Gasteiger charge is -2.10. The SMILES string of the molecule is CCNc1ncnc(Sc2ccc(C)c(C)c2)c1C. The number of aromatic nitrogens is 2. The van der Waals surface area contributed by atoms with E-state index < -0.39 is 0 Å². The van der Waals surface area contributed by atoms with Crippen LogP contribution in [0, 0.1) is 20.8 Å². The molecule has 0 aliphatic rings. The molecule has 0 aliphatic heterocycles. The largest absolute Gasteiger partial charge is 0.370 e. The summed E-state index contributed by atoms with van der Waals surface area (Å²) in [6.07, 6.45) is 1.62. The predicted octanol–water partition coefficient (Wildman–Crippen LogP) is 3.98. The van der Waals surface area contributed by atoms with E-state index in [-0.39, 0.29) is 0 Å². The molecule has 19 heavy (non-hydrogen) atoms. The molecule has 0 aliphatic carbocycles. The molecule has 0 saturated carbocycles. The average molecular weight is 273 g/mol. The fourth-order valence-corrected chi connectivity index (χ4v) is 2.72. The van der Waals surface area contributed by atoms with E-state index in [0.717, 1.165) is 23.0 Å². The van der Waals surface area contributed by atoms with Crippen molar-refractivity contribution in [3.63, 3.8) is 0 Å². The van der Waals surface area contributed by atoms with E-state index in [9.17, 15) is 0 Å². The Labute approximate surface area is 118 Å². The zero-order chi connectivity index (χ0) is 13.8. The second-order valence-electron chi connectivity index (χ2n) is 4.53. The van der Waals surface area contributed by atoms with Gasteiger partial charge in [0.1, 0.15) is 17.2 Å². The average Bonchev–Trinajstić information content (AvgIpc) is 2.39. The first kappa shape index (κ1) is 13.9. The summed E-state index contributed by atoms with van der Waals surface area (Å²) in [5, 5.41) is 4.27. The van der Waals surface area contributed by atoms with Gasteiger partial charge in [0.15, 0.2) is 0 Å². The zero-order valence-corrected chi connectivity index (χ0v) is 12.6. The van der Waals surface area contributed by atoms with Gasteiger partial charge in [0.05, 0.1) is 0 Å². The summed E-state index contributed by atoms with van der Waals surface area (Å²) in [7, 11) is 0. The van der Waals surface area contributed by atoms with Crippen molar-refractivity contribution in [2.75, 3.05) is 11.9 Å². The Morgan fingerprint density at radius 1 is 1.11 bits per heavy atom. The van der Waals surface area contributed by atoms with Crippen molar-refractivity contribution in [1.29, 1.82) is 0 Å². The maximum atomic E-state index is 4.38. The third kappa shape index (κ3) is 3.26. The molecule has 4 heteroatoms. The van der Waals surface area contributed by atoms with E-state index in [0.29, 0.717) is 0 Å². The molecule has 100 valence electrons. The van der Waals surface area contributed by atoms with Crippen LogP contribution in [0.2, 0.25) is 0 Å². The molecule has 1 N–H and O–H groups in total. The van der Waals surface area contributed by atoms with Crippen molar-refractivity contribution in [2.24, 2.45) is 0 Å². The Kier molecular flexibility index (Phi) is 4.43. The molecule has 0 bridgehead atoms. The smallest absolute Gasteiger partial charge is 0.133 e. The fraction of sp³-hybridized carbons (Fsp3) is 0.333. The monoisotopic (exact) mass is 273 g/mol. The number of rotatable bonds is 4. The van der Waals surface area contributed by atoms with Gasteiger partial charge < -0.3 is 5.32 Å². The zero-order valence-electron chi connectivity index (χ0n) is 11.8. The van der Waals surface area contributed by atoms with E-state index in [2.05, 4.69) is 61.2 Å². The second-order valence-corrected chi connectivity index (χ2v) is 5.59. The first-order chi connectivity index (χ1) is 9.11. The van der Waals surface area contributed by atoms with Gasteiger partial charge in [-0.15, -0.1) is 0 Å². The minimum atomic E-state index is 0.867. The molecule has 0 saturated heterocycles. The van der Waals surface area contributed by atoms with Gasteiger partial charge in [0.25, 0.3) is 0 Å². The highest BCUT2D eigenvalue weighted by molar-refractivity contribution is 7.99. The van der Waals surface area contributed by atoms with Crippen LogP contribution in [0.15, 0.2) is 34.4 Å². The van der Waals surface area contributed by atoms with Crippen molar-refractivity contribution in [3.8, 4) is 0 Å². The fourth-order valence-electron chi connectivity index (χ4n) is 1.77. The Bertz CT molecular complexity index is 582. The molecule has 1 aromatic carbocycles. The number of anilines is 1. The van der Waals surface area contributed by atoms with Crippen LogP contribution in [0.25, 0.3) is 0 Å². The predicted molar refractivity (Wildman–Crippen MR) is 81.0 cm³/mol. The highest BCUT2D eigenvalue weighted by Crippen LogP contribution is 2.31. The molecule has 0 atom stereocenters. The first-order valence-electron chi connectivity index (χ1n) is 6.42. The molecular formula is C15H19N3S. The highest BCUT2D eigenvalue weighted by Gasteiger charge is 2.08. The van der Waals surface area contributed by atoms with E-state index in [4.69, 9.17) is 0 Å². The molecule has 1 aromatic heterocycles. The van der Waals surface area contributed by atoms with Gasteiger partial charge in [-0.3, -0.25) is 0 Å². The molecule has 0 spiro atoms. The Morgan fingerprint density at radius 3 is 2.58 bits per heavy atom. The van der Waals surface area contributed by atoms with E-state index >= 15 is 0 Å². The molecule has 0 radical (unpaired) electrons. The van der Waals surface area contributed by atoms with Gasteiger partial charge in [-0.25, -0.2) is 9.97 Å². The normalized spacial score (nSPS) is 10.5. The molecule has 2 rings (SSSR count). The third-order valence-corrected chi connectivity index (χ3v) is 4.17. The Balaban J connectivity index is 2.27. The van der Waals surface area contributed by atoms with Crippen LogP contribution < -0.4 is 5.32 Å². The highest BCUT2D eigenvalue weighted by atomic mass is 32.2. The van der Waals surface area contributed by atoms with Crippen molar-refractivity contribution in [1.82, 2.24) is 9.97 Å². The number of nitrogens with zero attached hydrogens (tertiary/aromatic N) is 2. The maximum Gasteiger partial charge on any atom is 0.133 e. The summed E-state index contributed by atoms with van der Waals surface area (Å²) in [6, 6.07) is 6.50. The van der Waals surface area contributed by atoms with Crippen molar-refractivity contribution >= 4 is 17.6 Å². The summed E-state index contributed by atoms with van der Waals surface area (Å²) in [5.41, 5.74) is 3.73. The number of hydrogen-bond donors (Lipinski definition) is 1. The summed E-state index contributed by atoms with van der Waals surface area (Å²) < 4.78 is 0. The van der Waals surface area contributed by atoms with Gasteiger partial charge in [0.2, 0.25) is 0 Å². The van der Waals surface area contributed by atoms with E-state index in [1.54, 1.807) is 18.1 Å². The molecular weight excluding hydrogens is 254 g/mol. The number of aryl methyl sites for hydroxylation is 2. The molecule has 0 unspecified atom stereocenters. The van der Waals surface area contributed by atoms with E-state index in [1.807, 2.05) is 0 Å². The summed E-state index contributed by atoms with van der Waals surface area (Å²) in [4.78, 5) is 9.86. The molecule has 1 heterocycles. The van der Waals surface area contributed by atoms with Crippen LogP contribution in [-0.2, 0) is 0 Å². The van der Waals surface area contributed by atoms with Gasteiger partial charge >= 0.3 is 0 Å². The van der Waals surface area contributed by atoms with Crippen molar-refractivity contribution in [3.05, 3.63) is 41.2 Å². The van der Waals surface area contributed by atoms with Crippen LogP contribution in [0.3, 0.4) is 0 Å². The number of nitrogens with one attached hydrogen (secondary N) is 1. The lowest BCUT2D eigenvalue weighted by Crippen LogP contribution is -2.03. The van der Waals surface area contributed by atoms with Crippen LogP contribution >= 0.6 is 11.8 Å². The molecule has 0 fully saturated rings. The molecule has 2 aromatic rings. The second kappa shape index (κ2) is 6.06. The lowest BCUT2D eigenvalue weighted by molar-refractivity contribution is 0.990. The molecule has 0 amide bonds.